The molecule has 2 heterocycles. The van der Waals surface area contributed by atoms with Crippen molar-refractivity contribution in [3.63, 3.8) is 0 Å². The van der Waals surface area contributed by atoms with Crippen LogP contribution in [0, 0.1) is 0 Å². The number of halogens is 1. The first kappa shape index (κ1) is 21.0. The summed E-state index contributed by atoms with van der Waals surface area (Å²) < 4.78 is 31.0. The van der Waals surface area contributed by atoms with Gasteiger partial charge >= 0.3 is 5.69 Å². The van der Waals surface area contributed by atoms with Gasteiger partial charge in [-0.1, -0.05) is 23.7 Å². The van der Waals surface area contributed by atoms with Crippen molar-refractivity contribution in [2.75, 3.05) is 20.6 Å². The van der Waals surface area contributed by atoms with Gasteiger partial charge in [0.2, 0.25) is 10.0 Å². The second-order valence-corrected chi connectivity index (χ2v) is 9.60. The molecule has 1 aromatic heterocycles. The predicted molar refractivity (Wildman–Crippen MR) is 109 cm³/mol. The maximum absolute atomic E-state index is 12.5. The summed E-state index contributed by atoms with van der Waals surface area (Å²) >= 11 is 5.93. The Balaban J connectivity index is 1.63. The van der Waals surface area contributed by atoms with E-state index in [0.717, 1.165) is 12.4 Å². The van der Waals surface area contributed by atoms with E-state index in [0.29, 0.717) is 42.9 Å². The van der Waals surface area contributed by atoms with E-state index in [1.165, 1.54) is 4.68 Å². The van der Waals surface area contributed by atoms with Crippen LogP contribution >= 0.6 is 11.6 Å². The molecule has 1 unspecified atom stereocenters. The first-order valence-corrected chi connectivity index (χ1v) is 11.3. The molecule has 0 amide bonds. The number of nitrogens with zero attached hydrogens (tertiary/aromatic N) is 4. The molecule has 0 saturated carbocycles. The van der Waals surface area contributed by atoms with Gasteiger partial charge in [0.25, 0.3) is 0 Å². The lowest BCUT2D eigenvalue weighted by Crippen LogP contribution is -2.36. The zero-order chi connectivity index (χ0) is 20.3. The molecule has 1 aliphatic rings. The summed E-state index contributed by atoms with van der Waals surface area (Å²) in [7, 11) is 0.400. The topological polar surface area (TPSA) is 89.2 Å². The summed E-state index contributed by atoms with van der Waals surface area (Å²) in [6.07, 6.45) is 1.73. The molecule has 2 aromatic rings. The van der Waals surface area contributed by atoms with Gasteiger partial charge in [-0.15, -0.1) is 0 Å². The van der Waals surface area contributed by atoms with Crippen LogP contribution in [-0.4, -0.2) is 54.3 Å². The monoisotopic (exact) mass is 427 g/mol. The maximum Gasteiger partial charge on any atom is 0.345 e. The minimum absolute atomic E-state index is 0.119. The highest BCUT2D eigenvalue weighted by atomic mass is 35.5. The first-order valence-electron chi connectivity index (χ1n) is 9.29. The van der Waals surface area contributed by atoms with Gasteiger partial charge in [-0.05, 0) is 44.6 Å². The number of likely N-dealkylation sites (N-methyl/N-ethyl adjacent to an activating group) is 1. The lowest BCUT2D eigenvalue weighted by molar-refractivity contribution is 0.367. The summed E-state index contributed by atoms with van der Waals surface area (Å²) in [6, 6.07) is 6.62. The molecule has 1 aromatic carbocycles. The Morgan fingerprint density at radius 3 is 2.82 bits per heavy atom. The third-order valence-electron chi connectivity index (χ3n) is 4.77. The minimum Gasteiger partial charge on any atom is -0.308 e. The summed E-state index contributed by atoms with van der Waals surface area (Å²) in [5, 5.41) is 4.95. The van der Waals surface area contributed by atoms with Crippen LogP contribution in [0.25, 0.3) is 0 Å². The molecule has 0 saturated heterocycles. The molecule has 0 aliphatic carbocycles. The van der Waals surface area contributed by atoms with Crippen molar-refractivity contribution >= 4 is 21.6 Å². The maximum atomic E-state index is 12.5. The van der Waals surface area contributed by atoms with Gasteiger partial charge in [0.05, 0.1) is 12.3 Å². The van der Waals surface area contributed by atoms with Crippen LogP contribution in [0.15, 0.2) is 29.1 Å². The Morgan fingerprint density at radius 1 is 1.32 bits per heavy atom. The fraction of sp³-hybridized carbons (Fsp3) is 0.556. The highest BCUT2D eigenvalue weighted by Gasteiger charge is 2.24. The molecule has 0 radical (unpaired) electrons. The second kappa shape index (κ2) is 8.77. The van der Waals surface area contributed by atoms with Gasteiger partial charge in [0.1, 0.15) is 5.82 Å². The SMILES string of the molecule is CN(C)CCn1nc2n(c1=O)CCC(NS(=O)(=O)Cc1cccc(Cl)c1)CC2. The third kappa shape index (κ3) is 5.44. The molecule has 1 aliphatic heterocycles. The van der Waals surface area contributed by atoms with E-state index in [9.17, 15) is 13.2 Å². The molecule has 1 atom stereocenters. The van der Waals surface area contributed by atoms with Gasteiger partial charge in [-0.2, -0.15) is 5.10 Å². The molecule has 28 heavy (non-hydrogen) atoms. The molecule has 10 heteroatoms. The van der Waals surface area contributed by atoms with E-state index in [4.69, 9.17) is 11.6 Å². The van der Waals surface area contributed by atoms with Crippen LogP contribution in [0.1, 0.15) is 24.2 Å². The van der Waals surface area contributed by atoms with Crippen LogP contribution in [-0.2, 0) is 35.3 Å². The second-order valence-electron chi connectivity index (χ2n) is 7.41. The fourth-order valence-corrected chi connectivity index (χ4v) is 4.99. The number of sulfonamides is 1. The molecule has 0 spiro atoms. The summed E-state index contributed by atoms with van der Waals surface area (Å²) in [5.41, 5.74) is 0.518. The average Bonchev–Trinajstić information content (AvgIpc) is 2.76. The highest BCUT2D eigenvalue weighted by molar-refractivity contribution is 7.88. The number of aryl methyl sites for hydroxylation is 1. The van der Waals surface area contributed by atoms with Crippen molar-refractivity contribution in [3.8, 4) is 0 Å². The van der Waals surface area contributed by atoms with E-state index < -0.39 is 10.0 Å². The van der Waals surface area contributed by atoms with Crippen LogP contribution in [0.3, 0.4) is 0 Å². The van der Waals surface area contributed by atoms with Crippen molar-refractivity contribution < 1.29 is 8.42 Å². The number of rotatable bonds is 7. The van der Waals surface area contributed by atoms with Gasteiger partial charge in [0, 0.05) is 30.6 Å². The van der Waals surface area contributed by atoms with Gasteiger partial charge < -0.3 is 4.90 Å². The smallest absolute Gasteiger partial charge is 0.308 e. The Labute approximate surface area is 170 Å². The Hall–Kier alpha value is -1.68. The molecule has 1 N–H and O–H groups in total. The number of fused-ring (bicyclic) bond motifs is 1. The molecule has 3 rings (SSSR count). The van der Waals surface area contributed by atoms with E-state index in [2.05, 4.69) is 9.82 Å². The van der Waals surface area contributed by atoms with Crippen molar-refractivity contribution in [2.24, 2.45) is 0 Å². The van der Waals surface area contributed by atoms with Crippen molar-refractivity contribution in [1.82, 2.24) is 24.0 Å². The average molecular weight is 428 g/mol. The van der Waals surface area contributed by atoms with Crippen LogP contribution < -0.4 is 10.4 Å². The summed E-state index contributed by atoms with van der Waals surface area (Å²) in [4.78, 5) is 14.5. The number of hydrogen-bond acceptors (Lipinski definition) is 5. The quantitative estimate of drug-likeness (QED) is 0.714. The van der Waals surface area contributed by atoms with Gasteiger partial charge in [0.15, 0.2) is 0 Å². The third-order valence-corrected chi connectivity index (χ3v) is 6.41. The van der Waals surface area contributed by atoms with Crippen molar-refractivity contribution in [3.05, 3.63) is 51.2 Å². The summed E-state index contributed by atoms with van der Waals surface area (Å²) in [5.74, 6) is 0.603. The van der Waals surface area contributed by atoms with Crippen LogP contribution in [0.4, 0.5) is 0 Å². The highest BCUT2D eigenvalue weighted by Crippen LogP contribution is 2.16. The molecule has 0 bridgehead atoms. The fourth-order valence-electron chi connectivity index (χ4n) is 3.33. The van der Waals surface area contributed by atoms with Crippen LogP contribution in [0.2, 0.25) is 5.02 Å². The van der Waals surface area contributed by atoms with Crippen molar-refractivity contribution in [2.45, 2.75) is 44.1 Å². The van der Waals surface area contributed by atoms with E-state index in [1.807, 2.05) is 19.0 Å². The normalized spacial score (nSPS) is 17.5. The van der Waals surface area contributed by atoms with E-state index >= 15 is 0 Å². The molecule has 0 fully saturated rings. The predicted octanol–water partition coefficient (Wildman–Crippen LogP) is 1.08. The van der Waals surface area contributed by atoms with E-state index in [-0.39, 0.29) is 17.5 Å². The molecule has 154 valence electrons. The van der Waals surface area contributed by atoms with Gasteiger partial charge in [-0.3, -0.25) is 4.57 Å². The Bertz CT molecular complexity index is 983. The molecular weight excluding hydrogens is 402 g/mol. The lowest BCUT2D eigenvalue weighted by atomic mass is 10.1. The summed E-state index contributed by atoms with van der Waals surface area (Å²) in [6.45, 7) is 1.74. The largest absolute Gasteiger partial charge is 0.345 e. The standard InChI is InChI=1S/C18H26ClN5O3S/c1-22(2)10-11-24-18(25)23-9-8-16(6-7-17(23)20-24)21-28(26,27)13-14-4-3-5-15(19)12-14/h3-5,12,16,21H,6-11,13H2,1-2H3. The zero-order valence-electron chi connectivity index (χ0n) is 16.1. The number of benzene rings is 1. The van der Waals surface area contributed by atoms with Crippen LogP contribution in [0.5, 0.6) is 0 Å². The Kier molecular flexibility index (Phi) is 6.59. The molecule has 8 nitrogen and oxygen atoms in total. The Morgan fingerprint density at radius 2 is 2.11 bits per heavy atom. The van der Waals surface area contributed by atoms with Gasteiger partial charge in [-0.25, -0.2) is 22.6 Å². The van der Waals surface area contributed by atoms with E-state index in [1.54, 1.807) is 28.8 Å². The molecular formula is C18H26ClN5O3S. The minimum atomic E-state index is -3.50. The zero-order valence-corrected chi connectivity index (χ0v) is 17.7. The van der Waals surface area contributed by atoms with Crippen molar-refractivity contribution in [1.29, 1.82) is 0 Å². The number of hydrogen-bond donors (Lipinski definition) is 1. The first-order chi connectivity index (χ1) is 13.2. The number of nitrogens with one attached hydrogen (secondary N) is 1. The lowest BCUT2D eigenvalue weighted by Gasteiger charge is -2.16. The number of aromatic nitrogens is 3.